The molecule has 0 amide bonds. The highest BCUT2D eigenvalue weighted by molar-refractivity contribution is 5.99. The van der Waals surface area contributed by atoms with Gasteiger partial charge in [0, 0.05) is 99.4 Å². The second-order valence-corrected chi connectivity index (χ2v) is 31.7. The Morgan fingerprint density at radius 1 is 0.361 bits per heavy atom. The summed E-state index contributed by atoms with van der Waals surface area (Å²) < 4.78 is 28.9. The molecule has 5 aliphatic heterocycles. The van der Waals surface area contributed by atoms with Crippen LogP contribution in [0.15, 0.2) is 121 Å². The van der Waals surface area contributed by atoms with Crippen molar-refractivity contribution in [3.05, 3.63) is 149 Å². The van der Waals surface area contributed by atoms with E-state index in [0.29, 0.717) is 41.2 Å². The number of nitrogens with zero attached hydrogens (tertiary/aromatic N) is 7. The number of ether oxygens (including phenoxy) is 5. The number of rotatable bonds is 33. The van der Waals surface area contributed by atoms with Gasteiger partial charge in [-0.25, -0.2) is 0 Å². The first-order chi connectivity index (χ1) is 52.8. The van der Waals surface area contributed by atoms with Gasteiger partial charge in [-0.2, -0.15) is 10.5 Å². The Hall–Kier alpha value is -7.11. The molecule has 12 rings (SSSR count). The molecule has 1 unspecified atom stereocenters. The highest BCUT2D eigenvalue weighted by atomic mass is 16.5. The smallest absolute Gasteiger partial charge is 0.165 e. The standard InChI is InChI=1S/C20H29NO2.C19H27NO2.2C18H26N2O.C18H27NO2/c22-20(17-7-2-3-8-17)18-9-11-19(12-10-18)23-16-6-15-21-13-4-1-5-14-21;21-19(16-6-4-7-16)17-8-10-18(11-9-17)22-15-5-14-20-12-2-1-3-13-20;2*1-3-16-6-5-15(2)20(14-16)11-4-12-21-18-9-7-17(13-19)8-10-18;1-3-18(20)16-7-9-17(10-8-16)21-13-5-12-19-11-4-6-15(2)14-19/h9-12,17H,1-8,13-16H2;8-11,16H,1-7,12-15H2;2*7-10,15-16H,3-6,11-12,14H2,1-2H3;7-10,15H,3-6,11-14H2,1-2H3/t;;15-,16+;15-,16-;/m..00./s1. The van der Waals surface area contributed by atoms with Gasteiger partial charge in [-0.3, -0.25) is 14.4 Å². The van der Waals surface area contributed by atoms with E-state index in [2.05, 4.69) is 71.3 Å². The summed E-state index contributed by atoms with van der Waals surface area (Å²) in [6, 6.07) is 43.3. The normalized spacial score (nSPS) is 20.8. The minimum absolute atomic E-state index is 0.181. The van der Waals surface area contributed by atoms with E-state index in [1.165, 1.54) is 162 Å². The molecule has 5 aromatic rings. The summed E-state index contributed by atoms with van der Waals surface area (Å²) >= 11 is 0. The molecule has 15 nitrogen and oxygen atoms in total. The molecule has 5 aromatic carbocycles. The zero-order valence-electron chi connectivity index (χ0n) is 67.3. The number of ketones is 3. The van der Waals surface area contributed by atoms with Gasteiger partial charge in [0.25, 0.3) is 0 Å². The maximum atomic E-state index is 12.3. The lowest BCUT2D eigenvalue weighted by atomic mass is 9.80. The summed E-state index contributed by atoms with van der Waals surface area (Å²) in [7, 11) is 0. The Kier molecular flexibility index (Phi) is 40.0. The molecule has 5 heterocycles. The van der Waals surface area contributed by atoms with E-state index in [4.69, 9.17) is 34.2 Å². The van der Waals surface area contributed by atoms with Crippen molar-refractivity contribution in [3.8, 4) is 40.9 Å². The first kappa shape index (κ1) is 86.5. The second kappa shape index (κ2) is 49.9. The Morgan fingerprint density at radius 2 is 0.694 bits per heavy atom. The number of hydrogen-bond donors (Lipinski definition) is 0. The van der Waals surface area contributed by atoms with Crippen LogP contribution in [0.25, 0.3) is 0 Å². The lowest BCUT2D eigenvalue weighted by molar-refractivity contribution is 0.0854. The third kappa shape index (κ3) is 31.7. The van der Waals surface area contributed by atoms with E-state index in [0.717, 1.165) is 187 Å². The second-order valence-electron chi connectivity index (χ2n) is 31.7. The van der Waals surface area contributed by atoms with Crippen LogP contribution in [0.4, 0.5) is 0 Å². The number of nitriles is 2. The zero-order chi connectivity index (χ0) is 76.3. The van der Waals surface area contributed by atoms with Gasteiger partial charge in [0.1, 0.15) is 28.7 Å². The highest BCUT2D eigenvalue weighted by Crippen LogP contribution is 2.32. The predicted octanol–water partition coefficient (Wildman–Crippen LogP) is 19.7. The molecule has 590 valence electrons. The van der Waals surface area contributed by atoms with Crippen LogP contribution in [0, 0.1) is 52.3 Å². The van der Waals surface area contributed by atoms with Crippen LogP contribution in [-0.2, 0) is 0 Å². The molecule has 5 atom stereocenters. The molecule has 0 radical (unpaired) electrons. The first-order valence-electron chi connectivity index (χ1n) is 42.5. The van der Waals surface area contributed by atoms with Crippen molar-refractivity contribution in [1.82, 2.24) is 24.5 Å². The molecule has 0 N–H and O–H groups in total. The van der Waals surface area contributed by atoms with Gasteiger partial charge in [-0.05, 0) is 308 Å². The molecule has 2 aliphatic carbocycles. The van der Waals surface area contributed by atoms with Gasteiger partial charge in [0.15, 0.2) is 17.3 Å². The minimum Gasteiger partial charge on any atom is -0.494 e. The van der Waals surface area contributed by atoms with Crippen molar-refractivity contribution in [2.45, 2.75) is 227 Å². The summed E-state index contributed by atoms with van der Waals surface area (Å²) in [4.78, 5) is 48.9. The van der Waals surface area contributed by atoms with Crippen LogP contribution in [0.5, 0.6) is 28.7 Å². The van der Waals surface area contributed by atoms with Crippen LogP contribution in [0.2, 0.25) is 0 Å². The van der Waals surface area contributed by atoms with Crippen LogP contribution >= 0.6 is 0 Å². The van der Waals surface area contributed by atoms with Crippen LogP contribution in [-0.4, -0.2) is 172 Å². The Morgan fingerprint density at radius 3 is 1.03 bits per heavy atom. The van der Waals surface area contributed by atoms with Crippen LogP contribution in [0.1, 0.15) is 257 Å². The lowest BCUT2D eigenvalue weighted by Crippen LogP contribution is -2.42. The monoisotopic (exact) mass is 1480 g/mol. The summed E-state index contributed by atoms with van der Waals surface area (Å²) in [5.74, 6) is 8.25. The molecule has 15 heteroatoms. The highest BCUT2D eigenvalue weighted by Gasteiger charge is 2.28. The molecule has 2 saturated carbocycles. The lowest BCUT2D eigenvalue weighted by Gasteiger charge is -2.37. The molecule has 0 spiro atoms. The number of hydrogen-bond acceptors (Lipinski definition) is 15. The van der Waals surface area contributed by atoms with E-state index in [-0.39, 0.29) is 17.6 Å². The van der Waals surface area contributed by atoms with Crippen molar-refractivity contribution < 1.29 is 38.1 Å². The van der Waals surface area contributed by atoms with Crippen molar-refractivity contribution >= 4 is 17.3 Å². The van der Waals surface area contributed by atoms with Crippen LogP contribution in [0.3, 0.4) is 0 Å². The van der Waals surface area contributed by atoms with Crippen molar-refractivity contribution in [2.24, 2.45) is 29.6 Å². The van der Waals surface area contributed by atoms with E-state index in [1.54, 1.807) is 24.3 Å². The summed E-state index contributed by atoms with van der Waals surface area (Å²) in [5.41, 5.74) is 3.81. The summed E-state index contributed by atoms with van der Waals surface area (Å²) in [6.45, 7) is 32.8. The van der Waals surface area contributed by atoms with Crippen molar-refractivity contribution in [1.29, 1.82) is 10.5 Å². The van der Waals surface area contributed by atoms with Gasteiger partial charge in [0.2, 0.25) is 0 Å². The van der Waals surface area contributed by atoms with Crippen molar-refractivity contribution in [2.75, 3.05) is 118 Å². The molecular formula is C93H135N7O8. The van der Waals surface area contributed by atoms with E-state index in [1.807, 2.05) is 104 Å². The zero-order valence-corrected chi connectivity index (χ0v) is 67.3. The van der Waals surface area contributed by atoms with Crippen molar-refractivity contribution in [3.63, 3.8) is 0 Å². The molecule has 7 fully saturated rings. The number of likely N-dealkylation sites (tertiary alicyclic amines) is 5. The van der Waals surface area contributed by atoms with Gasteiger partial charge >= 0.3 is 0 Å². The fourth-order valence-corrected chi connectivity index (χ4v) is 16.0. The fourth-order valence-electron chi connectivity index (χ4n) is 16.0. The third-order valence-electron chi connectivity index (χ3n) is 23.3. The maximum absolute atomic E-state index is 12.3. The Bertz CT molecular complexity index is 3280. The fraction of sp³-hybridized carbons (Fsp3) is 0.624. The predicted molar refractivity (Wildman–Crippen MR) is 438 cm³/mol. The number of piperidine rings is 5. The summed E-state index contributed by atoms with van der Waals surface area (Å²) in [6.07, 6.45) is 32.6. The molecule has 0 aromatic heterocycles. The number of Topliss-reactive ketones (excluding diaryl/α,β-unsaturated/α-hetero) is 3. The Balaban J connectivity index is 0.000000170. The van der Waals surface area contributed by atoms with E-state index < -0.39 is 0 Å². The van der Waals surface area contributed by atoms with E-state index >= 15 is 0 Å². The third-order valence-corrected chi connectivity index (χ3v) is 23.3. The summed E-state index contributed by atoms with van der Waals surface area (Å²) in [5, 5.41) is 17.5. The average molecular weight is 1480 g/mol. The SMILES string of the molecule is CCC(=O)c1ccc(OCCCN2CCCC(C)C2)cc1.CC[C@@H]1CC[C@H](C)N(CCCOc2ccc(C#N)cc2)C1.CC[C@H]1CC[C@H](C)N(CCCOc2ccc(C#N)cc2)C1.O=C(c1ccc(OCCCN2CCCCC2)cc1)C1CCC1.O=C(c1ccc(OCCCN2CCCCC2)cc1)C1CCCC1. The number of carbonyl (C=O) groups is 3. The first-order valence-corrected chi connectivity index (χ1v) is 42.5. The largest absolute Gasteiger partial charge is 0.494 e. The topological polar surface area (TPSA) is 161 Å². The average Bonchev–Trinajstić information content (AvgIpc) is 1.04. The number of benzene rings is 5. The maximum Gasteiger partial charge on any atom is 0.165 e. The molecule has 108 heavy (non-hydrogen) atoms. The van der Waals surface area contributed by atoms with E-state index in [9.17, 15) is 14.4 Å². The van der Waals surface area contributed by atoms with Gasteiger partial charge in [0.05, 0.1) is 56.3 Å². The minimum atomic E-state index is 0.181. The molecule has 5 saturated heterocycles. The van der Waals surface area contributed by atoms with Gasteiger partial charge in [-0.15, -0.1) is 0 Å². The molecule has 7 aliphatic rings. The van der Waals surface area contributed by atoms with Gasteiger partial charge in [-0.1, -0.05) is 72.6 Å². The molecule has 0 bridgehead atoms. The molecular weight excluding hydrogens is 1340 g/mol. The quantitative estimate of drug-likeness (QED) is 0.0288. The Labute approximate surface area is 651 Å². The number of carbonyl (C=O) groups excluding carboxylic acids is 3. The van der Waals surface area contributed by atoms with Gasteiger partial charge < -0.3 is 48.2 Å². The van der Waals surface area contributed by atoms with Crippen LogP contribution < -0.4 is 23.7 Å².